The Morgan fingerprint density at radius 1 is 1.00 bits per heavy atom. The highest BCUT2D eigenvalue weighted by Crippen LogP contribution is 2.41. The predicted molar refractivity (Wildman–Crippen MR) is 99.0 cm³/mol. The van der Waals surface area contributed by atoms with Crippen molar-refractivity contribution in [3.05, 3.63) is 88.3 Å². The second-order valence-electron chi connectivity index (χ2n) is 5.93. The van der Waals surface area contributed by atoms with Gasteiger partial charge < -0.3 is 0 Å². The van der Waals surface area contributed by atoms with Crippen LogP contribution in [0, 0.1) is 6.92 Å². The zero-order chi connectivity index (χ0) is 14.9. The van der Waals surface area contributed by atoms with Crippen LogP contribution in [0.4, 0.5) is 0 Å². The van der Waals surface area contributed by atoms with Crippen molar-refractivity contribution < 1.29 is 0 Å². The number of hydrogen-bond donors (Lipinski definition) is 0. The van der Waals surface area contributed by atoms with Gasteiger partial charge in [-0.25, -0.2) is 0 Å². The zero-order valence-corrected chi connectivity index (χ0v) is 13.8. The first-order chi connectivity index (χ1) is 10.8. The summed E-state index contributed by atoms with van der Waals surface area (Å²) in [5, 5.41) is 2.95. The van der Waals surface area contributed by atoms with E-state index in [4.69, 9.17) is 0 Å². The lowest BCUT2D eigenvalue weighted by Crippen LogP contribution is -1.98. The molecule has 0 aliphatic heterocycles. The molecular weight excluding hydrogens is 283 g/mol. The van der Waals surface area contributed by atoms with E-state index in [0.717, 1.165) is 21.4 Å². The maximum Gasteiger partial charge on any atom is -0.00879 e. The third-order valence-corrected chi connectivity index (χ3v) is 5.77. The summed E-state index contributed by atoms with van der Waals surface area (Å²) in [5.74, 6) is 0. The van der Waals surface area contributed by atoms with Gasteiger partial charge in [-0.05, 0) is 58.2 Å². The van der Waals surface area contributed by atoms with Crippen LogP contribution in [-0.4, -0.2) is 0 Å². The van der Waals surface area contributed by atoms with Crippen LogP contribution < -0.4 is 5.30 Å². The molecule has 4 rings (SSSR count). The van der Waals surface area contributed by atoms with E-state index in [2.05, 4.69) is 73.7 Å². The molecule has 2 aliphatic rings. The Morgan fingerprint density at radius 3 is 2.82 bits per heavy atom. The highest BCUT2D eigenvalue weighted by Gasteiger charge is 2.15. The molecule has 2 aromatic carbocycles. The normalized spacial score (nSPS) is 16.2. The second-order valence-corrected chi connectivity index (χ2v) is 7.30. The van der Waals surface area contributed by atoms with Crippen LogP contribution >= 0.6 is 8.58 Å². The topological polar surface area (TPSA) is 0 Å². The van der Waals surface area contributed by atoms with E-state index < -0.39 is 0 Å². The standard InChI is InChI=1S/C21H19P/c1-15-6-2-3-9-19(15)20-10-5-11-21(20)22-18-13-12-16-7-4-8-17(16)14-18/h2-4,6-7,9-14,22H,5,8H2,1H3. The highest BCUT2D eigenvalue weighted by molar-refractivity contribution is 7.52. The number of rotatable bonds is 3. The van der Waals surface area contributed by atoms with Crippen molar-refractivity contribution >= 4 is 25.5 Å². The summed E-state index contributed by atoms with van der Waals surface area (Å²) < 4.78 is 0. The Morgan fingerprint density at radius 2 is 1.91 bits per heavy atom. The molecular formula is C21H19P. The molecule has 0 heterocycles. The van der Waals surface area contributed by atoms with Crippen LogP contribution in [0.5, 0.6) is 0 Å². The van der Waals surface area contributed by atoms with Crippen molar-refractivity contribution in [2.45, 2.75) is 19.8 Å². The summed E-state index contributed by atoms with van der Waals surface area (Å²) in [5.41, 5.74) is 7.06. The molecule has 1 unspecified atom stereocenters. The van der Waals surface area contributed by atoms with Crippen LogP contribution in [-0.2, 0) is 6.42 Å². The van der Waals surface area contributed by atoms with Crippen LogP contribution in [0.2, 0.25) is 0 Å². The van der Waals surface area contributed by atoms with Crippen molar-refractivity contribution in [1.29, 1.82) is 0 Å². The van der Waals surface area contributed by atoms with Crippen molar-refractivity contribution in [3.63, 3.8) is 0 Å². The summed E-state index contributed by atoms with van der Waals surface area (Å²) in [6.45, 7) is 2.20. The van der Waals surface area contributed by atoms with Gasteiger partial charge in [0.1, 0.15) is 0 Å². The molecule has 22 heavy (non-hydrogen) atoms. The van der Waals surface area contributed by atoms with Crippen molar-refractivity contribution in [2.75, 3.05) is 0 Å². The van der Waals surface area contributed by atoms with Gasteiger partial charge >= 0.3 is 0 Å². The Kier molecular flexibility index (Phi) is 3.56. The van der Waals surface area contributed by atoms with Crippen LogP contribution in [0.3, 0.4) is 0 Å². The Hall–Kier alpha value is -1.91. The molecule has 2 aliphatic carbocycles. The van der Waals surface area contributed by atoms with Crippen molar-refractivity contribution in [1.82, 2.24) is 0 Å². The second kappa shape index (κ2) is 5.71. The number of benzene rings is 2. The van der Waals surface area contributed by atoms with E-state index in [1.807, 2.05) is 0 Å². The average molecular weight is 302 g/mol. The minimum atomic E-state index is 0.749. The average Bonchev–Trinajstić information content (AvgIpc) is 3.16. The largest absolute Gasteiger partial charge is 0.0795 e. The summed E-state index contributed by atoms with van der Waals surface area (Å²) in [7, 11) is 0.749. The molecule has 0 saturated heterocycles. The molecule has 2 aromatic rings. The third-order valence-electron chi connectivity index (χ3n) is 4.43. The van der Waals surface area contributed by atoms with E-state index in [1.165, 1.54) is 38.4 Å². The van der Waals surface area contributed by atoms with E-state index >= 15 is 0 Å². The summed E-state index contributed by atoms with van der Waals surface area (Å²) in [6.07, 6.45) is 11.4. The quantitative estimate of drug-likeness (QED) is 0.680. The molecule has 0 spiro atoms. The maximum absolute atomic E-state index is 2.39. The van der Waals surface area contributed by atoms with Gasteiger partial charge in [-0.3, -0.25) is 0 Å². The smallest absolute Gasteiger partial charge is 0.00879 e. The minimum absolute atomic E-state index is 0.749. The lowest BCUT2D eigenvalue weighted by molar-refractivity contribution is 1.32. The predicted octanol–water partition coefficient (Wildman–Crippen LogP) is 5.24. The first-order valence-electron chi connectivity index (χ1n) is 7.84. The van der Waals surface area contributed by atoms with Crippen molar-refractivity contribution in [3.8, 4) is 0 Å². The fraction of sp³-hybridized carbons (Fsp3) is 0.143. The molecule has 1 atom stereocenters. The first kappa shape index (κ1) is 13.7. The van der Waals surface area contributed by atoms with E-state index in [-0.39, 0.29) is 0 Å². The maximum atomic E-state index is 2.39. The van der Waals surface area contributed by atoms with Gasteiger partial charge in [0.2, 0.25) is 0 Å². The molecule has 0 nitrogen and oxygen atoms in total. The zero-order valence-electron chi connectivity index (χ0n) is 12.8. The molecule has 0 bridgehead atoms. The van der Waals surface area contributed by atoms with E-state index in [1.54, 1.807) is 0 Å². The number of aryl methyl sites for hydroxylation is 1. The van der Waals surface area contributed by atoms with Gasteiger partial charge in [-0.2, -0.15) is 0 Å². The van der Waals surface area contributed by atoms with Gasteiger partial charge in [0.05, 0.1) is 0 Å². The molecule has 108 valence electrons. The highest BCUT2D eigenvalue weighted by atomic mass is 31.1. The van der Waals surface area contributed by atoms with Gasteiger partial charge in [0.25, 0.3) is 0 Å². The molecule has 1 heteroatoms. The molecule has 0 saturated carbocycles. The van der Waals surface area contributed by atoms with Crippen LogP contribution in [0.15, 0.2) is 66.0 Å². The SMILES string of the molecule is Cc1ccccc1C1=CCC=C1Pc1ccc2c(c1)CC=C2. The fourth-order valence-corrected chi connectivity index (χ4v) is 4.57. The van der Waals surface area contributed by atoms with Crippen LogP contribution in [0.1, 0.15) is 28.7 Å². The van der Waals surface area contributed by atoms with Gasteiger partial charge in [0, 0.05) is 0 Å². The third kappa shape index (κ3) is 2.49. The van der Waals surface area contributed by atoms with Crippen molar-refractivity contribution in [2.24, 2.45) is 0 Å². The van der Waals surface area contributed by atoms with Gasteiger partial charge in [-0.1, -0.05) is 75.3 Å². The summed E-state index contributed by atoms with van der Waals surface area (Å²) >= 11 is 0. The molecule has 0 aromatic heterocycles. The Bertz CT molecular complexity index is 822. The molecule has 0 fully saturated rings. The number of hydrogen-bond acceptors (Lipinski definition) is 0. The lowest BCUT2D eigenvalue weighted by atomic mass is 10.0. The summed E-state index contributed by atoms with van der Waals surface area (Å²) in [4.78, 5) is 0. The van der Waals surface area contributed by atoms with E-state index in [9.17, 15) is 0 Å². The number of fused-ring (bicyclic) bond motifs is 1. The fourth-order valence-electron chi connectivity index (χ4n) is 3.25. The number of allylic oxidation sites excluding steroid dienone is 5. The Balaban J connectivity index is 1.61. The van der Waals surface area contributed by atoms with Crippen LogP contribution in [0.25, 0.3) is 11.6 Å². The first-order valence-corrected chi connectivity index (χ1v) is 8.84. The lowest BCUT2D eigenvalue weighted by Gasteiger charge is -2.13. The molecule has 0 amide bonds. The van der Waals surface area contributed by atoms with Gasteiger partial charge in [-0.15, -0.1) is 0 Å². The minimum Gasteiger partial charge on any atom is -0.0795 e. The van der Waals surface area contributed by atoms with E-state index in [0.29, 0.717) is 0 Å². The molecule has 0 N–H and O–H groups in total. The monoisotopic (exact) mass is 302 g/mol. The van der Waals surface area contributed by atoms with Gasteiger partial charge in [0.15, 0.2) is 0 Å². The summed E-state index contributed by atoms with van der Waals surface area (Å²) in [6, 6.07) is 15.7. The molecule has 0 radical (unpaired) electrons. The Labute approximate surface area is 134 Å².